The van der Waals surface area contributed by atoms with Gasteiger partial charge in [0.25, 0.3) is 0 Å². The lowest BCUT2D eigenvalue weighted by atomic mass is 9.89. The number of carbonyl (C=O) groups excluding carboxylic acids is 1. The van der Waals surface area contributed by atoms with Gasteiger partial charge in [-0.2, -0.15) is 0 Å². The van der Waals surface area contributed by atoms with Crippen molar-refractivity contribution in [3.05, 3.63) is 0 Å². The number of carbonyl (C=O) groups is 1. The van der Waals surface area contributed by atoms with Crippen LogP contribution in [0.15, 0.2) is 0 Å². The summed E-state index contributed by atoms with van der Waals surface area (Å²) < 4.78 is 0. The largest absolute Gasteiger partial charge is 0.303 e. The normalized spacial score (nSPS) is 30.1. The van der Waals surface area contributed by atoms with Crippen molar-refractivity contribution in [2.75, 3.05) is 0 Å². The Morgan fingerprint density at radius 2 is 1.17 bits per heavy atom. The lowest BCUT2D eigenvalue weighted by Crippen LogP contribution is -2.08. The third kappa shape index (κ3) is 7.89. The van der Waals surface area contributed by atoms with Crippen LogP contribution in [0.25, 0.3) is 0 Å². The molecule has 18 heavy (non-hydrogen) atoms. The summed E-state index contributed by atoms with van der Waals surface area (Å²) in [5, 5.41) is 0. The Balaban J connectivity index is 2.30. The van der Waals surface area contributed by atoms with Crippen molar-refractivity contribution in [3.8, 4) is 0 Å². The molecular formula is C17H32O. The summed E-state index contributed by atoms with van der Waals surface area (Å²) in [6.07, 6.45) is 18.7. The molecule has 1 aliphatic carbocycles. The van der Waals surface area contributed by atoms with Gasteiger partial charge in [0.2, 0.25) is 0 Å². The molecule has 0 bridgehead atoms. The minimum atomic E-state index is 0.338. The lowest BCUT2D eigenvalue weighted by Gasteiger charge is -2.16. The maximum atomic E-state index is 11.1. The molecule has 2 atom stereocenters. The third-order valence-electron chi connectivity index (χ3n) is 4.42. The van der Waals surface area contributed by atoms with Crippen LogP contribution < -0.4 is 0 Å². The third-order valence-corrected chi connectivity index (χ3v) is 4.42. The second-order valence-corrected chi connectivity index (χ2v) is 6.35. The Labute approximate surface area is 114 Å². The van der Waals surface area contributed by atoms with Crippen LogP contribution in [0, 0.1) is 11.8 Å². The molecule has 2 unspecified atom stereocenters. The standard InChI is InChI=1S/C17H32O/c1-16-12-10-8-6-4-2-3-5-7-9-11-13-17(14-16)15-18/h15-17H,2-14H2,1H3. The molecule has 0 aromatic carbocycles. The summed E-state index contributed by atoms with van der Waals surface area (Å²) >= 11 is 0. The summed E-state index contributed by atoms with van der Waals surface area (Å²) in [5.74, 6) is 1.08. The van der Waals surface area contributed by atoms with E-state index in [0.717, 1.165) is 18.8 Å². The van der Waals surface area contributed by atoms with Crippen molar-refractivity contribution in [2.24, 2.45) is 11.8 Å². The molecule has 106 valence electrons. The SMILES string of the molecule is CC1CCCCCCCCCCCCC(C=O)C1. The van der Waals surface area contributed by atoms with Crippen LogP contribution in [0.3, 0.4) is 0 Å². The van der Waals surface area contributed by atoms with E-state index in [1.54, 1.807) is 0 Å². The molecule has 0 aromatic heterocycles. The van der Waals surface area contributed by atoms with Crippen LogP contribution in [0.1, 0.15) is 90.4 Å². The average molecular weight is 252 g/mol. The van der Waals surface area contributed by atoms with Gasteiger partial charge in [-0.3, -0.25) is 0 Å². The van der Waals surface area contributed by atoms with Gasteiger partial charge in [0.1, 0.15) is 6.29 Å². The molecule has 0 heterocycles. The van der Waals surface area contributed by atoms with Crippen LogP contribution in [-0.2, 0) is 4.79 Å². The average Bonchev–Trinajstić information content (AvgIpc) is 2.38. The fraction of sp³-hybridized carbons (Fsp3) is 0.941. The maximum Gasteiger partial charge on any atom is 0.123 e. The van der Waals surface area contributed by atoms with E-state index in [0.29, 0.717) is 5.92 Å². The van der Waals surface area contributed by atoms with Gasteiger partial charge in [0.15, 0.2) is 0 Å². The summed E-state index contributed by atoms with van der Waals surface area (Å²) in [6.45, 7) is 2.33. The number of aldehydes is 1. The molecule has 0 N–H and O–H groups in total. The Bertz CT molecular complexity index is 200. The fourth-order valence-corrected chi connectivity index (χ4v) is 3.19. The van der Waals surface area contributed by atoms with Crippen molar-refractivity contribution < 1.29 is 4.79 Å². The van der Waals surface area contributed by atoms with E-state index < -0.39 is 0 Å². The highest BCUT2D eigenvalue weighted by atomic mass is 16.1. The number of rotatable bonds is 1. The molecule has 0 aliphatic heterocycles. The first-order valence-corrected chi connectivity index (χ1v) is 8.28. The maximum absolute atomic E-state index is 11.1. The molecule has 0 aromatic rings. The van der Waals surface area contributed by atoms with E-state index in [-0.39, 0.29) is 0 Å². The molecule has 0 saturated heterocycles. The Hall–Kier alpha value is -0.330. The minimum absolute atomic E-state index is 0.338. The predicted octanol–water partition coefficient (Wildman–Crippen LogP) is 5.52. The molecule has 1 nitrogen and oxygen atoms in total. The smallest absolute Gasteiger partial charge is 0.123 e. The fourth-order valence-electron chi connectivity index (χ4n) is 3.19. The predicted molar refractivity (Wildman–Crippen MR) is 78.7 cm³/mol. The van der Waals surface area contributed by atoms with E-state index in [2.05, 4.69) is 6.92 Å². The quantitative estimate of drug-likeness (QED) is 0.561. The van der Waals surface area contributed by atoms with Gasteiger partial charge in [-0.15, -0.1) is 0 Å². The first-order chi connectivity index (χ1) is 8.83. The Morgan fingerprint density at radius 1 is 0.722 bits per heavy atom. The Morgan fingerprint density at radius 3 is 1.67 bits per heavy atom. The van der Waals surface area contributed by atoms with Gasteiger partial charge in [0.05, 0.1) is 0 Å². The topological polar surface area (TPSA) is 17.1 Å². The van der Waals surface area contributed by atoms with Gasteiger partial charge < -0.3 is 4.79 Å². The van der Waals surface area contributed by atoms with Crippen molar-refractivity contribution in [3.63, 3.8) is 0 Å². The van der Waals surface area contributed by atoms with E-state index in [9.17, 15) is 4.79 Å². The molecular weight excluding hydrogens is 220 g/mol. The molecule has 0 amide bonds. The van der Waals surface area contributed by atoms with Gasteiger partial charge in [-0.25, -0.2) is 0 Å². The van der Waals surface area contributed by atoms with Crippen molar-refractivity contribution >= 4 is 6.29 Å². The molecule has 1 aliphatic rings. The number of hydrogen-bond acceptors (Lipinski definition) is 1. The molecule has 1 heteroatoms. The van der Waals surface area contributed by atoms with Crippen LogP contribution in [0.4, 0.5) is 0 Å². The zero-order valence-corrected chi connectivity index (χ0v) is 12.3. The molecule has 0 radical (unpaired) electrons. The van der Waals surface area contributed by atoms with Crippen molar-refractivity contribution in [2.45, 2.75) is 90.4 Å². The van der Waals surface area contributed by atoms with E-state index in [1.165, 1.54) is 76.9 Å². The van der Waals surface area contributed by atoms with Crippen LogP contribution >= 0.6 is 0 Å². The van der Waals surface area contributed by atoms with E-state index in [1.807, 2.05) is 0 Å². The highest BCUT2D eigenvalue weighted by molar-refractivity contribution is 5.53. The van der Waals surface area contributed by atoms with Crippen molar-refractivity contribution in [1.29, 1.82) is 0 Å². The first-order valence-electron chi connectivity index (χ1n) is 8.28. The molecule has 1 saturated carbocycles. The lowest BCUT2D eigenvalue weighted by molar-refractivity contribution is -0.111. The highest BCUT2D eigenvalue weighted by Gasteiger charge is 2.12. The van der Waals surface area contributed by atoms with Gasteiger partial charge >= 0.3 is 0 Å². The molecule has 1 rings (SSSR count). The van der Waals surface area contributed by atoms with E-state index >= 15 is 0 Å². The first kappa shape index (κ1) is 15.7. The zero-order valence-electron chi connectivity index (χ0n) is 12.3. The van der Waals surface area contributed by atoms with Crippen LogP contribution in [0.2, 0.25) is 0 Å². The van der Waals surface area contributed by atoms with Gasteiger partial charge in [-0.05, 0) is 18.8 Å². The van der Waals surface area contributed by atoms with Gasteiger partial charge in [-0.1, -0.05) is 77.6 Å². The summed E-state index contributed by atoms with van der Waals surface area (Å²) in [4.78, 5) is 11.1. The Kier molecular flexibility index (Phi) is 9.24. The second kappa shape index (κ2) is 10.6. The molecule has 1 fully saturated rings. The zero-order chi connectivity index (χ0) is 13.1. The second-order valence-electron chi connectivity index (χ2n) is 6.35. The summed E-state index contributed by atoms with van der Waals surface area (Å²) in [5.41, 5.74) is 0. The molecule has 0 spiro atoms. The van der Waals surface area contributed by atoms with Gasteiger partial charge in [0, 0.05) is 5.92 Å². The monoisotopic (exact) mass is 252 g/mol. The number of hydrogen-bond donors (Lipinski definition) is 0. The summed E-state index contributed by atoms with van der Waals surface area (Å²) in [6, 6.07) is 0. The van der Waals surface area contributed by atoms with Crippen molar-refractivity contribution in [1.82, 2.24) is 0 Å². The highest BCUT2D eigenvalue weighted by Crippen LogP contribution is 2.23. The minimum Gasteiger partial charge on any atom is -0.303 e. The summed E-state index contributed by atoms with van der Waals surface area (Å²) in [7, 11) is 0. The van der Waals surface area contributed by atoms with E-state index in [4.69, 9.17) is 0 Å². The van der Waals surface area contributed by atoms with Crippen LogP contribution in [0.5, 0.6) is 0 Å². The van der Waals surface area contributed by atoms with Crippen LogP contribution in [-0.4, -0.2) is 6.29 Å².